The predicted molar refractivity (Wildman–Crippen MR) is 128 cm³/mol. The van der Waals surface area contributed by atoms with Crippen molar-refractivity contribution in [1.29, 1.82) is 0 Å². The third-order valence-electron chi connectivity index (χ3n) is 8.73. The molecule has 1 nitrogen and oxygen atoms in total. The zero-order chi connectivity index (χ0) is 21.6. The Hall–Kier alpha value is -0.890. The Labute approximate surface area is 190 Å². The summed E-state index contributed by atoms with van der Waals surface area (Å²) in [6.45, 7) is 5.46. The molecule has 0 spiro atoms. The van der Waals surface area contributed by atoms with Crippen LogP contribution in [-0.4, -0.2) is 12.7 Å². The third kappa shape index (κ3) is 5.92. The highest BCUT2D eigenvalue weighted by molar-refractivity contribution is 5.37. The van der Waals surface area contributed by atoms with Crippen molar-refractivity contribution in [3.05, 3.63) is 34.6 Å². The predicted octanol–water partition coefficient (Wildman–Crippen LogP) is 8.38. The van der Waals surface area contributed by atoms with E-state index in [2.05, 4.69) is 19.9 Å². The van der Waals surface area contributed by atoms with E-state index in [1.807, 2.05) is 6.07 Å². The number of fused-ring (bicyclic) bond motifs is 2. The molecule has 0 aliphatic heterocycles. The number of aryl methyl sites for hydroxylation is 1. The number of rotatable bonds is 9. The summed E-state index contributed by atoms with van der Waals surface area (Å²) in [5.41, 5.74) is 3.68. The van der Waals surface area contributed by atoms with Crippen molar-refractivity contribution in [3.63, 3.8) is 0 Å². The number of halogens is 1. The lowest BCUT2D eigenvalue weighted by Gasteiger charge is -2.42. The Kier molecular flexibility index (Phi) is 8.49. The maximum Gasteiger partial charge on any atom is 0.126 e. The number of benzene rings is 1. The normalized spacial score (nSPS) is 30.6. The number of ether oxygens (including phenoxy) is 1. The summed E-state index contributed by atoms with van der Waals surface area (Å²) >= 11 is 0. The van der Waals surface area contributed by atoms with Crippen molar-refractivity contribution in [2.75, 3.05) is 6.61 Å². The van der Waals surface area contributed by atoms with Gasteiger partial charge in [-0.05, 0) is 111 Å². The van der Waals surface area contributed by atoms with E-state index >= 15 is 4.39 Å². The van der Waals surface area contributed by atoms with Crippen molar-refractivity contribution in [3.8, 4) is 0 Å². The van der Waals surface area contributed by atoms with Gasteiger partial charge in [0.15, 0.2) is 0 Å². The lowest BCUT2D eigenvalue weighted by atomic mass is 9.65. The van der Waals surface area contributed by atoms with E-state index in [4.69, 9.17) is 4.74 Å². The van der Waals surface area contributed by atoms with Gasteiger partial charge in [0.1, 0.15) is 5.82 Å². The molecule has 4 rings (SSSR count). The van der Waals surface area contributed by atoms with E-state index in [9.17, 15) is 0 Å². The highest BCUT2D eigenvalue weighted by Gasteiger charge is 2.36. The lowest BCUT2D eigenvalue weighted by molar-refractivity contribution is -0.0162. The Morgan fingerprint density at radius 1 is 0.903 bits per heavy atom. The fraction of sp³-hybridized carbons (Fsp3) is 0.793. The van der Waals surface area contributed by atoms with E-state index in [-0.39, 0.29) is 5.82 Å². The van der Waals surface area contributed by atoms with Crippen LogP contribution in [0.15, 0.2) is 12.1 Å². The van der Waals surface area contributed by atoms with E-state index in [1.54, 1.807) is 0 Å². The van der Waals surface area contributed by atoms with Gasteiger partial charge in [0, 0.05) is 6.61 Å². The monoisotopic (exact) mass is 428 g/mol. The van der Waals surface area contributed by atoms with Crippen LogP contribution in [-0.2, 0) is 17.6 Å². The second-order valence-corrected chi connectivity index (χ2v) is 10.9. The van der Waals surface area contributed by atoms with Crippen LogP contribution in [0.2, 0.25) is 0 Å². The first-order valence-corrected chi connectivity index (χ1v) is 13.6. The third-order valence-corrected chi connectivity index (χ3v) is 8.73. The van der Waals surface area contributed by atoms with Gasteiger partial charge >= 0.3 is 0 Å². The molecule has 0 aromatic heterocycles. The zero-order valence-electron chi connectivity index (χ0n) is 20.1. The molecule has 5 atom stereocenters. The molecular weight excluding hydrogens is 383 g/mol. The molecule has 1 aromatic carbocycles. The number of hydrogen-bond donors (Lipinski definition) is 0. The smallest absolute Gasteiger partial charge is 0.126 e. The topological polar surface area (TPSA) is 9.23 Å². The molecule has 0 heterocycles. The number of unbranched alkanes of at least 4 members (excludes halogenated alkanes) is 3. The minimum atomic E-state index is 0.0972. The Morgan fingerprint density at radius 3 is 2.55 bits per heavy atom. The summed E-state index contributed by atoms with van der Waals surface area (Å²) in [4.78, 5) is 0. The van der Waals surface area contributed by atoms with Crippen LogP contribution in [0.3, 0.4) is 0 Å². The maximum atomic E-state index is 15.1. The van der Waals surface area contributed by atoms with E-state index in [1.165, 1.54) is 94.6 Å². The molecule has 0 N–H and O–H groups in total. The second-order valence-electron chi connectivity index (χ2n) is 10.9. The van der Waals surface area contributed by atoms with Gasteiger partial charge in [-0.15, -0.1) is 0 Å². The van der Waals surface area contributed by atoms with Crippen LogP contribution >= 0.6 is 0 Å². The van der Waals surface area contributed by atoms with Gasteiger partial charge in [-0.3, -0.25) is 0 Å². The van der Waals surface area contributed by atoms with E-state index in [0.29, 0.717) is 17.9 Å². The zero-order valence-corrected chi connectivity index (χ0v) is 20.1. The molecule has 2 fully saturated rings. The van der Waals surface area contributed by atoms with E-state index < -0.39 is 0 Å². The molecule has 0 radical (unpaired) electrons. The second kappa shape index (κ2) is 11.3. The van der Waals surface area contributed by atoms with Crippen molar-refractivity contribution in [2.45, 2.75) is 122 Å². The molecule has 31 heavy (non-hydrogen) atoms. The molecule has 0 bridgehead atoms. The minimum absolute atomic E-state index is 0.0972. The van der Waals surface area contributed by atoms with Gasteiger partial charge < -0.3 is 4.74 Å². The summed E-state index contributed by atoms with van der Waals surface area (Å²) in [6.07, 6.45) is 19.0. The van der Waals surface area contributed by atoms with Crippen LogP contribution < -0.4 is 0 Å². The summed E-state index contributed by atoms with van der Waals surface area (Å²) in [7, 11) is 0. The largest absolute Gasteiger partial charge is 0.378 e. The summed E-state index contributed by atoms with van der Waals surface area (Å²) in [5, 5.41) is 0. The van der Waals surface area contributed by atoms with Gasteiger partial charge in [-0.2, -0.15) is 0 Å². The highest BCUT2D eigenvalue weighted by Crippen LogP contribution is 2.47. The fourth-order valence-corrected chi connectivity index (χ4v) is 6.80. The summed E-state index contributed by atoms with van der Waals surface area (Å²) in [5.74, 6) is 3.03. The average Bonchev–Trinajstić information content (AvgIpc) is 2.80. The Balaban J connectivity index is 1.33. The van der Waals surface area contributed by atoms with Crippen molar-refractivity contribution in [1.82, 2.24) is 0 Å². The lowest BCUT2D eigenvalue weighted by Crippen LogP contribution is -2.34. The SMILES string of the molecule is CCCCCOC1CCC2CC(c3cc(F)c4c(c3)CCC(CCCC)C4)CCC2C1. The van der Waals surface area contributed by atoms with Crippen LogP contribution in [0.1, 0.15) is 120 Å². The quantitative estimate of drug-likeness (QED) is 0.359. The van der Waals surface area contributed by atoms with Gasteiger partial charge in [0.05, 0.1) is 6.10 Å². The maximum absolute atomic E-state index is 15.1. The molecular formula is C29H45FO. The van der Waals surface area contributed by atoms with Gasteiger partial charge in [-0.1, -0.05) is 52.0 Å². The molecule has 1 aromatic rings. The van der Waals surface area contributed by atoms with Crippen molar-refractivity contribution < 1.29 is 9.13 Å². The first kappa shape index (κ1) is 23.3. The molecule has 0 saturated heterocycles. The van der Waals surface area contributed by atoms with Crippen LogP contribution in [0.25, 0.3) is 0 Å². The summed E-state index contributed by atoms with van der Waals surface area (Å²) < 4.78 is 21.3. The first-order valence-electron chi connectivity index (χ1n) is 13.6. The first-order chi connectivity index (χ1) is 15.2. The molecule has 3 aliphatic rings. The standard InChI is InChI=1S/C29H45FO/c1-3-5-7-15-31-27-14-13-22-17-23(11-12-24(22)19-27)26-18-25-10-9-21(8-6-4-2)16-28(25)29(30)20-26/h18,20-24,27H,3-17,19H2,1-2H3. The van der Waals surface area contributed by atoms with Crippen molar-refractivity contribution >= 4 is 0 Å². The fourth-order valence-electron chi connectivity index (χ4n) is 6.80. The van der Waals surface area contributed by atoms with Gasteiger partial charge in [-0.25, -0.2) is 4.39 Å². The molecule has 2 heteroatoms. The highest BCUT2D eigenvalue weighted by atomic mass is 19.1. The van der Waals surface area contributed by atoms with Crippen LogP contribution in [0.5, 0.6) is 0 Å². The van der Waals surface area contributed by atoms with Crippen LogP contribution in [0.4, 0.5) is 4.39 Å². The van der Waals surface area contributed by atoms with Crippen molar-refractivity contribution in [2.24, 2.45) is 17.8 Å². The minimum Gasteiger partial charge on any atom is -0.378 e. The molecule has 2 saturated carbocycles. The molecule has 5 unspecified atom stereocenters. The van der Waals surface area contributed by atoms with Gasteiger partial charge in [0.2, 0.25) is 0 Å². The number of hydrogen-bond acceptors (Lipinski definition) is 1. The average molecular weight is 429 g/mol. The van der Waals surface area contributed by atoms with E-state index in [0.717, 1.165) is 36.8 Å². The molecule has 174 valence electrons. The molecule has 3 aliphatic carbocycles. The van der Waals surface area contributed by atoms with Gasteiger partial charge in [0.25, 0.3) is 0 Å². The Morgan fingerprint density at radius 2 is 1.71 bits per heavy atom. The Bertz CT molecular complexity index is 698. The van der Waals surface area contributed by atoms with Crippen LogP contribution in [0, 0.1) is 23.6 Å². The molecule has 0 amide bonds. The summed E-state index contributed by atoms with van der Waals surface area (Å²) in [6, 6.07) is 4.33.